The number of nitrogens with zero attached hydrogens (tertiary/aromatic N) is 2. The van der Waals surface area contributed by atoms with Crippen LogP contribution in [0, 0.1) is 0 Å². The van der Waals surface area contributed by atoms with Gasteiger partial charge in [0.2, 0.25) is 0 Å². The minimum atomic E-state index is -0.198. The number of ether oxygens (including phenoxy) is 1. The Morgan fingerprint density at radius 1 is 1.53 bits per heavy atom. The second-order valence-corrected chi connectivity index (χ2v) is 4.26. The molecule has 5 nitrogen and oxygen atoms in total. The summed E-state index contributed by atoms with van der Waals surface area (Å²) < 4.78 is 5.85. The first kappa shape index (κ1) is 11.8. The van der Waals surface area contributed by atoms with E-state index in [0.29, 0.717) is 19.6 Å². The van der Waals surface area contributed by atoms with Crippen molar-refractivity contribution in [1.82, 2.24) is 9.97 Å². The summed E-state index contributed by atoms with van der Waals surface area (Å²) in [6.07, 6.45) is 1.85. The zero-order valence-electron chi connectivity index (χ0n) is 9.47. The van der Waals surface area contributed by atoms with E-state index in [-0.39, 0.29) is 5.97 Å². The maximum atomic E-state index is 11.2. The monoisotopic (exact) mass is 251 g/mol. The minimum Gasteiger partial charge on any atom is -0.466 e. The van der Waals surface area contributed by atoms with Gasteiger partial charge in [-0.15, -0.1) is 11.3 Å². The lowest BCUT2D eigenvalue weighted by atomic mass is 10.4. The third-order valence-corrected chi connectivity index (χ3v) is 3.08. The van der Waals surface area contributed by atoms with Crippen molar-refractivity contribution >= 4 is 33.3 Å². The Morgan fingerprint density at radius 3 is 3.24 bits per heavy atom. The van der Waals surface area contributed by atoms with Gasteiger partial charge in [-0.2, -0.15) is 0 Å². The quantitative estimate of drug-likeness (QED) is 0.824. The number of nitrogens with one attached hydrogen (secondary N) is 1. The van der Waals surface area contributed by atoms with Crippen molar-refractivity contribution in [2.45, 2.75) is 13.3 Å². The molecule has 2 aromatic rings. The van der Waals surface area contributed by atoms with E-state index in [1.54, 1.807) is 18.3 Å². The molecule has 0 amide bonds. The topological polar surface area (TPSA) is 64.1 Å². The first-order chi connectivity index (χ1) is 8.31. The van der Waals surface area contributed by atoms with E-state index in [0.717, 1.165) is 16.0 Å². The lowest BCUT2D eigenvalue weighted by Crippen LogP contribution is -2.12. The van der Waals surface area contributed by atoms with E-state index in [9.17, 15) is 4.79 Å². The molecule has 0 bridgehead atoms. The van der Waals surface area contributed by atoms with Gasteiger partial charge < -0.3 is 10.1 Å². The maximum Gasteiger partial charge on any atom is 0.307 e. The van der Waals surface area contributed by atoms with Crippen LogP contribution in [0.3, 0.4) is 0 Å². The van der Waals surface area contributed by atoms with Gasteiger partial charge in [-0.3, -0.25) is 4.79 Å². The van der Waals surface area contributed by atoms with E-state index in [1.807, 2.05) is 11.4 Å². The zero-order chi connectivity index (χ0) is 12.1. The number of hydrogen-bond acceptors (Lipinski definition) is 6. The fourth-order valence-corrected chi connectivity index (χ4v) is 2.24. The van der Waals surface area contributed by atoms with Crippen molar-refractivity contribution in [2.24, 2.45) is 0 Å². The molecule has 0 radical (unpaired) electrons. The Morgan fingerprint density at radius 2 is 2.41 bits per heavy atom. The zero-order valence-corrected chi connectivity index (χ0v) is 10.3. The molecule has 2 rings (SSSR count). The molecule has 0 atom stereocenters. The second-order valence-electron chi connectivity index (χ2n) is 3.34. The Kier molecular flexibility index (Phi) is 3.87. The van der Waals surface area contributed by atoms with Crippen molar-refractivity contribution in [3.05, 3.63) is 17.8 Å². The largest absolute Gasteiger partial charge is 0.466 e. The second kappa shape index (κ2) is 5.58. The molecule has 17 heavy (non-hydrogen) atoms. The van der Waals surface area contributed by atoms with Crippen LogP contribution in [0.25, 0.3) is 10.2 Å². The highest BCUT2D eigenvalue weighted by molar-refractivity contribution is 7.17. The van der Waals surface area contributed by atoms with E-state index >= 15 is 0 Å². The molecule has 0 saturated carbocycles. The van der Waals surface area contributed by atoms with Gasteiger partial charge in [0, 0.05) is 6.54 Å². The molecule has 0 saturated heterocycles. The number of fused-ring (bicyclic) bond motifs is 1. The summed E-state index contributed by atoms with van der Waals surface area (Å²) in [6, 6.07) is 1.94. The van der Waals surface area contributed by atoms with Crippen LogP contribution in [0.5, 0.6) is 0 Å². The van der Waals surface area contributed by atoms with E-state index < -0.39 is 0 Å². The number of hydrogen-bond donors (Lipinski definition) is 1. The van der Waals surface area contributed by atoms with Crippen LogP contribution in [0.15, 0.2) is 17.8 Å². The first-order valence-corrected chi connectivity index (χ1v) is 6.27. The highest BCUT2D eigenvalue weighted by Crippen LogP contribution is 2.24. The standard InChI is InChI=1S/C11H13N3O2S/c1-2-16-9(15)3-5-12-11-10-8(4-6-17-10)13-7-14-11/h4,6-7H,2-3,5H2,1H3,(H,12,13,14). The average Bonchev–Trinajstić information content (AvgIpc) is 2.78. The summed E-state index contributed by atoms with van der Waals surface area (Å²) in [5, 5.41) is 5.09. The molecule has 0 spiro atoms. The van der Waals surface area contributed by atoms with Gasteiger partial charge in [0.15, 0.2) is 0 Å². The molecule has 0 unspecified atom stereocenters. The molecule has 90 valence electrons. The van der Waals surface area contributed by atoms with Crippen LogP contribution < -0.4 is 5.32 Å². The summed E-state index contributed by atoms with van der Waals surface area (Å²) in [5.41, 5.74) is 0.920. The van der Waals surface area contributed by atoms with Gasteiger partial charge in [-0.05, 0) is 18.4 Å². The van der Waals surface area contributed by atoms with Crippen LogP contribution in [-0.4, -0.2) is 29.1 Å². The predicted octanol–water partition coefficient (Wildman–Crippen LogP) is 2.06. The van der Waals surface area contributed by atoms with Crippen LogP contribution in [0.4, 0.5) is 5.82 Å². The number of esters is 1. The molecular formula is C11H13N3O2S. The Balaban J connectivity index is 1.95. The molecule has 2 heterocycles. The number of rotatable bonds is 5. The summed E-state index contributed by atoms with van der Waals surface area (Å²) in [6.45, 7) is 2.73. The minimum absolute atomic E-state index is 0.198. The normalized spacial score (nSPS) is 10.4. The van der Waals surface area contributed by atoms with Crippen molar-refractivity contribution in [3.8, 4) is 0 Å². The SMILES string of the molecule is CCOC(=O)CCNc1ncnc2ccsc12. The lowest BCUT2D eigenvalue weighted by molar-refractivity contribution is -0.142. The number of aromatic nitrogens is 2. The fraction of sp³-hybridized carbons (Fsp3) is 0.364. The molecule has 0 aliphatic heterocycles. The molecule has 0 fully saturated rings. The molecule has 2 aromatic heterocycles. The Hall–Kier alpha value is -1.69. The van der Waals surface area contributed by atoms with Gasteiger partial charge in [-0.25, -0.2) is 9.97 Å². The van der Waals surface area contributed by atoms with Crippen LogP contribution in [0.2, 0.25) is 0 Å². The van der Waals surface area contributed by atoms with Gasteiger partial charge in [-0.1, -0.05) is 0 Å². The van der Waals surface area contributed by atoms with Crippen LogP contribution in [-0.2, 0) is 9.53 Å². The van der Waals surface area contributed by atoms with Crippen molar-refractivity contribution < 1.29 is 9.53 Å². The maximum absolute atomic E-state index is 11.2. The molecule has 6 heteroatoms. The lowest BCUT2D eigenvalue weighted by Gasteiger charge is -2.05. The van der Waals surface area contributed by atoms with Gasteiger partial charge >= 0.3 is 5.97 Å². The predicted molar refractivity (Wildman–Crippen MR) is 67.2 cm³/mol. The van der Waals surface area contributed by atoms with E-state index in [4.69, 9.17) is 4.74 Å². The van der Waals surface area contributed by atoms with Crippen LogP contribution in [0.1, 0.15) is 13.3 Å². The smallest absolute Gasteiger partial charge is 0.307 e. The van der Waals surface area contributed by atoms with Crippen molar-refractivity contribution in [3.63, 3.8) is 0 Å². The molecule has 0 aromatic carbocycles. The highest BCUT2D eigenvalue weighted by atomic mass is 32.1. The third kappa shape index (κ3) is 2.91. The van der Waals surface area contributed by atoms with Gasteiger partial charge in [0.25, 0.3) is 0 Å². The molecule has 0 aliphatic carbocycles. The van der Waals surface area contributed by atoms with Crippen LogP contribution >= 0.6 is 11.3 Å². The molecule has 0 aliphatic rings. The molecule has 1 N–H and O–H groups in total. The Bertz CT molecular complexity index is 512. The molecular weight excluding hydrogens is 238 g/mol. The fourth-order valence-electron chi connectivity index (χ4n) is 1.43. The third-order valence-electron chi connectivity index (χ3n) is 2.17. The van der Waals surface area contributed by atoms with Gasteiger partial charge in [0.1, 0.15) is 12.1 Å². The number of anilines is 1. The number of thiophene rings is 1. The van der Waals surface area contributed by atoms with Gasteiger partial charge in [0.05, 0.1) is 23.2 Å². The van der Waals surface area contributed by atoms with E-state index in [2.05, 4.69) is 15.3 Å². The summed E-state index contributed by atoms with van der Waals surface area (Å²) in [4.78, 5) is 19.5. The number of carbonyl (C=O) groups excluding carboxylic acids is 1. The average molecular weight is 251 g/mol. The summed E-state index contributed by atoms with van der Waals surface area (Å²) in [5.74, 6) is 0.575. The van der Waals surface area contributed by atoms with E-state index in [1.165, 1.54) is 6.33 Å². The summed E-state index contributed by atoms with van der Waals surface area (Å²) in [7, 11) is 0. The summed E-state index contributed by atoms with van der Waals surface area (Å²) >= 11 is 1.58. The first-order valence-electron chi connectivity index (χ1n) is 5.39. The van der Waals surface area contributed by atoms with Crippen molar-refractivity contribution in [1.29, 1.82) is 0 Å². The van der Waals surface area contributed by atoms with Crippen molar-refractivity contribution in [2.75, 3.05) is 18.5 Å². The Labute approximate surface area is 103 Å². The highest BCUT2D eigenvalue weighted by Gasteiger charge is 2.05. The number of carbonyl (C=O) groups is 1.